The summed E-state index contributed by atoms with van der Waals surface area (Å²) in [6.45, 7) is 6.15. The predicted molar refractivity (Wildman–Crippen MR) is 125 cm³/mol. The highest BCUT2D eigenvalue weighted by atomic mass is 16.2. The van der Waals surface area contributed by atoms with Crippen molar-refractivity contribution in [1.82, 2.24) is 14.8 Å². The maximum absolute atomic E-state index is 13.4. The number of hydrogen-bond acceptors (Lipinski definition) is 3. The summed E-state index contributed by atoms with van der Waals surface area (Å²) in [6.07, 6.45) is 3.19. The predicted octanol–water partition coefficient (Wildman–Crippen LogP) is 3.89. The number of anilines is 1. The van der Waals surface area contributed by atoms with E-state index in [0.717, 1.165) is 33.6 Å². The molecular weight excluding hydrogens is 398 g/mol. The summed E-state index contributed by atoms with van der Waals surface area (Å²) >= 11 is 0. The molecule has 6 nitrogen and oxygen atoms in total. The molecule has 1 amide bonds. The monoisotopic (exact) mass is 426 g/mol. The van der Waals surface area contributed by atoms with Crippen molar-refractivity contribution in [3.05, 3.63) is 108 Å². The zero-order valence-corrected chi connectivity index (χ0v) is 18.6. The standard InChI is InChI=1S/C26H27N5O/c1-18-9-10-19(2)24(15-18)30-26(32)25(22-7-5-4-6-8-22)29-20(3)21-11-13-23(14-12-21)31-17-27-16-28-31/h4-17,20,25,29H,1-3H3,(H,30,32)/p+1/t20-,25+/m1/s1. The van der Waals surface area contributed by atoms with Gasteiger partial charge in [0.1, 0.15) is 18.7 Å². The van der Waals surface area contributed by atoms with Crippen molar-refractivity contribution in [2.45, 2.75) is 32.9 Å². The van der Waals surface area contributed by atoms with Crippen molar-refractivity contribution < 1.29 is 10.1 Å². The van der Waals surface area contributed by atoms with Crippen molar-refractivity contribution in [3.8, 4) is 5.69 Å². The number of hydrogen-bond donors (Lipinski definition) is 2. The van der Waals surface area contributed by atoms with Gasteiger partial charge in [-0.3, -0.25) is 4.79 Å². The fourth-order valence-electron chi connectivity index (χ4n) is 3.76. The van der Waals surface area contributed by atoms with Crippen molar-refractivity contribution in [1.29, 1.82) is 0 Å². The number of quaternary nitrogens is 1. The van der Waals surface area contributed by atoms with E-state index in [-0.39, 0.29) is 18.0 Å². The lowest BCUT2D eigenvalue weighted by molar-refractivity contribution is -0.718. The van der Waals surface area contributed by atoms with Gasteiger partial charge in [-0.2, -0.15) is 5.10 Å². The molecule has 2 atom stereocenters. The van der Waals surface area contributed by atoms with Crippen LogP contribution in [0.4, 0.5) is 5.69 Å². The van der Waals surface area contributed by atoms with Crippen LogP contribution in [-0.4, -0.2) is 20.7 Å². The van der Waals surface area contributed by atoms with Gasteiger partial charge in [-0.1, -0.05) is 54.6 Å². The molecule has 0 aliphatic carbocycles. The lowest BCUT2D eigenvalue weighted by atomic mass is 10.0. The van der Waals surface area contributed by atoms with Gasteiger partial charge < -0.3 is 10.6 Å². The van der Waals surface area contributed by atoms with Gasteiger partial charge in [0.25, 0.3) is 5.91 Å². The number of nitrogens with one attached hydrogen (secondary N) is 1. The lowest BCUT2D eigenvalue weighted by Crippen LogP contribution is -2.87. The van der Waals surface area contributed by atoms with Crippen molar-refractivity contribution in [3.63, 3.8) is 0 Å². The van der Waals surface area contributed by atoms with Crippen molar-refractivity contribution in [2.24, 2.45) is 0 Å². The second-order valence-electron chi connectivity index (χ2n) is 8.11. The molecule has 32 heavy (non-hydrogen) atoms. The average molecular weight is 427 g/mol. The first-order valence-electron chi connectivity index (χ1n) is 10.7. The first-order chi connectivity index (χ1) is 15.5. The number of benzene rings is 3. The molecule has 6 heteroatoms. The Morgan fingerprint density at radius 3 is 2.41 bits per heavy atom. The minimum absolute atomic E-state index is 0.0315. The molecule has 0 aliphatic rings. The van der Waals surface area contributed by atoms with Crippen LogP contribution in [-0.2, 0) is 4.79 Å². The van der Waals surface area contributed by atoms with Gasteiger partial charge in [0, 0.05) is 16.8 Å². The number of amides is 1. The molecule has 0 spiro atoms. The minimum atomic E-state index is -0.374. The second kappa shape index (κ2) is 9.58. The van der Waals surface area contributed by atoms with E-state index in [4.69, 9.17) is 0 Å². The van der Waals surface area contributed by atoms with Gasteiger partial charge in [0.05, 0.1) is 5.69 Å². The summed E-state index contributed by atoms with van der Waals surface area (Å²) in [5, 5.41) is 9.43. The van der Waals surface area contributed by atoms with Gasteiger partial charge in [-0.15, -0.1) is 0 Å². The third kappa shape index (κ3) is 4.92. The molecule has 162 valence electrons. The number of carbonyl (C=O) groups excluding carboxylic acids is 1. The van der Waals surface area contributed by atoms with Gasteiger partial charge in [0.2, 0.25) is 0 Å². The zero-order chi connectivity index (χ0) is 22.5. The number of nitrogens with zero attached hydrogens (tertiary/aromatic N) is 3. The van der Waals surface area contributed by atoms with Gasteiger partial charge in [0.15, 0.2) is 6.04 Å². The topological polar surface area (TPSA) is 76.4 Å². The van der Waals surface area contributed by atoms with Crippen LogP contribution in [0, 0.1) is 13.8 Å². The van der Waals surface area contributed by atoms with E-state index in [1.807, 2.05) is 68.4 Å². The zero-order valence-electron chi connectivity index (χ0n) is 18.6. The Kier molecular flexibility index (Phi) is 6.42. The van der Waals surface area contributed by atoms with E-state index in [9.17, 15) is 4.79 Å². The maximum atomic E-state index is 13.4. The largest absolute Gasteiger partial charge is 0.326 e. The van der Waals surface area contributed by atoms with Crippen LogP contribution < -0.4 is 10.6 Å². The molecule has 0 aliphatic heterocycles. The molecule has 0 radical (unpaired) electrons. The van der Waals surface area contributed by atoms with Crippen LogP contribution in [0.15, 0.2) is 85.5 Å². The van der Waals surface area contributed by atoms with Gasteiger partial charge >= 0.3 is 0 Å². The van der Waals surface area contributed by atoms with Crippen LogP contribution in [0.25, 0.3) is 5.69 Å². The summed E-state index contributed by atoms with van der Waals surface area (Å²) in [5.74, 6) is -0.0315. The van der Waals surface area contributed by atoms with Crippen LogP contribution in [0.5, 0.6) is 0 Å². The minimum Gasteiger partial charge on any atom is -0.326 e. The Balaban J connectivity index is 1.55. The Bertz CT molecular complexity index is 1170. The van der Waals surface area contributed by atoms with Crippen LogP contribution >= 0.6 is 0 Å². The Hall–Kier alpha value is -3.77. The van der Waals surface area contributed by atoms with E-state index in [2.05, 4.69) is 45.8 Å². The first kappa shape index (κ1) is 21.5. The number of aromatic nitrogens is 3. The van der Waals surface area contributed by atoms with E-state index in [1.54, 1.807) is 11.0 Å². The lowest BCUT2D eigenvalue weighted by Gasteiger charge is -2.21. The Morgan fingerprint density at radius 2 is 1.72 bits per heavy atom. The average Bonchev–Trinajstić information content (AvgIpc) is 3.35. The summed E-state index contributed by atoms with van der Waals surface area (Å²) in [7, 11) is 0. The van der Waals surface area contributed by atoms with Gasteiger partial charge in [-0.25, -0.2) is 9.67 Å². The normalized spacial score (nSPS) is 12.8. The molecule has 4 rings (SSSR count). The molecule has 1 heterocycles. The number of aryl methyl sites for hydroxylation is 2. The van der Waals surface area contributed by atoms with E-state index >= 15 is 0 Å². The summed E-state index contributed by atoms with van der Waals surface area (Å²) in [4.78, 5) is 17.4. The third-order valence-electron chi connectivity index (χ3n) is 5.68. The SMILES string of the molecule is Cc1ccc(C)c(NC(=O)[C@@H]([NH2+][C@H](C)c2ccc(-n3cncn3)cc2)c2ccccc2)c1. The van der Waals surface area contributed by atoms with Gasteiger partial charge in [-0.05, 0) is 50.1 Å². The third-order valence-corrected chi connectivity index (χ3v) is 5.68. The highest BCUT2D eigenvalue weighted by Gasteiger charge is 2.27. The summed E-state index contributed by atoms with van der Waals surface area (Å²) < 4.78 is 1.72. The molecular formula is C26H28N5O+. The maximum Gasteiger partial charge on any atom is 0.287 e. The molecule has 3 N–H and O–H groups in total. The van der Waals surface area contributed by atoms with Crippen LogP contribution in [0.3, 0.4) is 0 Å². The fourth-order valence-corrected chi connectivity index (χ4v) is 3.76. The number of nitrogens with two attached hydrogens (primary N) is 1. The molecule has 4 aromatic rings. The van der Waals surface area contributed by atoms with Crippen LogP contribution in [0.2, 0.25) is 0 Å². The molecule has 3 aromatic carbocycles. The summed E-state index contributed by atoms with van der Waals surface area (Å²) in [5.41, 5.74) is 6.08. The van der Waals surface area contributed by atoms with E-state index in [1.165, 1.54) is 6.33 Å². The summed E-state index contributed by atoms with van der Waals surface area (Å²) in [6, 6.07) is 23.9. The number of carbonyl (C=O) groups is 1. The van der Waals surface area contributed by atoms with E-state index in [0.29, 0.717) is 0 Å². The van der Waals surface area contributed by atoms with E-state index < -0.39 is 0 Å². The second-order valence-corrected chi connectivity index (χ2v) is 8.11. The molecule has 1 aromatic heterocycles. The molecule has 0 saturated heterocycles. The molecule has 0 saturated carbocycles. The highest BCUT2D eigenvalue weighted by molar-refractivity contribution is 5.95. The molecule has 0 fully saturated rings. The quantitative estimate of drug-likeness (QED) is 0.471. The Labute approximate surface area is 188 Å². The Morgan fingerprint density at radius 1 is 0.969 bits per heavy atom. The molecule has 0 bridgehead atoms. The van der Waals surface area contributed by atoms with Crippen molar-refractivity contribution >= 4 is 11.6 Å². The molecule has 0 unspecified atom stereocenters. The smallest absolute Gasteiger partial charge is 0.287 e. The number of rotatable bonds is 7. The van der Waals surface area contributed by atoms with Crippen molar-refractivity contribution in [2.75, 3.05) is 5.32 Å². The first-order valence-corrected chi connectivity index (χ1v) is 10.7. The highest BCUT2D eigenvalue weighted by Crippen LogP contribution is 2.20. The van der Waals surface area contributed by atoms with Crippen LogP contribution in [0.1, 0.15) is 41.3 Å². The fraction of sp³-hybridized carbons (Fsp3) is 0.192.